The molecule has 44 heavy (non-hydrogen) atoms. The zero-order valence-electron chi connectivity index (χ0n) is 25.8. The largest absolute Gasteiger partial charge is 0.492 e. The van der Waals surface area contributed by atoms with Crippen molar-refractivity contribution in [3.63, 3.8) is 0 Å². The molecule has 2 heterocycles. The molecule has 2 amide bonds. The number of hydrogen-bond donors (Lipinski definition) is 0. The van der Waals surface area contributed by atoms with Crippen molar-refractivity contribution < 1.29 is 47.5 Å². The fraction of sp³-hybridized carbons (Fsp3) is 0.467. The number of carbonyl (C=O) groups excluding carboxylic acids is 2. The van der Waals surface area contributed by atoms with Crippen LogP contribution in [0.25, 0.3) is 0 Å². The fourth-order valence-corrected chi connectivity index (χ4v) is 4.67. The number of fused-ring (bicyclic) bond motifs is 2. The summed E-state index contributed by atoms with van der Waals surface area (Å²) in [4.78, 5) is 27.3. The summed E-state index contributed by atoms with van der Waals surface area (Å²) in [5, 5.41) is 8.66. The van der Waals surface area contributed by atoms with Crippen LogP contribution < -0.4 is 28.4 Å². The number of ether oxygens (including phenoxy) is 8. The third kappa shape index (κ3) is 7.18. The van der Waals surface area contributed by atoms with Crippen molar-refractivity contribution in [2.24, 2.45) is 10.2 Å². The lowest BCUT2D eigenvalue weighted by molar-refractivity contribution is 0.116. The Morgan fingerprint density at radius 1 is 0.750 bits per heavy atom. The fourth-order valence-electron chi connectivity index (χ4n) is 4.67. The van der Waals surface area contributed by atoms with Gasteiger partial charge >= 0.3 is 12.2 Å². The van der Waals surface area contributed by atoms with Gasteiger partial charge in [0.1, 0.15) is 0 Å². The van der Waals surface area contributed by atoms with Crippen LogP contribution in [0.2, 0.25) is 0 Å². The molecule has 4 rings (SSSR count). The molecule has 2 aliphatic rings. The van der Waals surface area contributed by atoms with E-state index in [4.69, 9.17) is 37.9 Å². The molecule has 0 spiro atoms. The monoisotopic (exact) mass is 614 g/mol. The third-order valence-corrected chi connectivity index (χ3v) is 6.93. The van der Waals surface area contributed by atoms with Crippen molar-refractivity contribution >= 4 is 24.6 Å². The van der Waals surface area contributed by atoms with E-state index in [0.29, 0.717) is 71.6 Å². The van der Waals surface area contributed by atoms with Crippen molar-refractivity contribution in [1.29, 1.82) is 0 Å². The first-order valence-corrected chi connectivity index (χ1v) is 14.1. The molecular formula is C30H38N4O10. The first kappa shape index (κ1) is 32.0. The molecule has 0 aromatic heterocycles. The highest BCUT2D eigenvalue weighted by molar-refractivity contribution is 5.91. The minimum absolute atomic E-state index is 0.0602. The summed E-state index contributed by atoms with van der Waals surface area (Å²) in [5.41, 5.74) is 2.87. The van der Waals surface area contributed by atoms with Gasteiger partial charge < -0.3 is 47.7 Å². The Hall–Kier alpha value is -4.88. The van der Waals surface area contributed by atoms with Gasteiger partial charge in [0.05, 0.1) is 39.9 Å². The van der Waals surface area contributed by atoms with Crippen LogP contribution in [-0.4, -0.2) is 103 Å². The minimum atomic E-state index is -0.415. The average molecular weight is 615 g/mol. The summed E-state index contributed by atoms with van der Waals surface area (Å²) in [6.45, 7) is 4.97. The molecule has 14 nitrogen and oxygen atoms in total. The minimum Gasteiger partial charge on any atom is -0.492 e. The summed E-state index contributed by atoms with van der Waals surface area (Å²) in [5.74, 6) is 2.89. The van der Waals surface area contributed by atoms with Crippen molar-refractivity contribution in [3.8, 4) is 34.5 Å². The molecule has 14 heteroatoms. The third-order valence-electron chi connectivity index (χ3n) is 6.93. The zero-order valence-corrected chi connectivity index (χ0v) is 25.8. The van der Waals surface area contributed by atoms with Gasteiger partial charge in [-0.2, -0.15) is 10.2 Å². The molecule has 0 N–H and O–H groups in total. The van der Waals surface area contributed by atoms with Gasteiger partial charge in [-0.3, -0.25) is 0 Å². The van der Waals surface area contributed by atoms with Gasteiger partial charge in [-0.15, -0.1) is 0 Å². The quantitative estimate of drug-likeness (QED) is 0.241. The Bertz CT molecular complexity index is 1310. The second kappa shape index (κ2) is 15.0. The molecule has 2 aliphatic heterocycles. The predicted molar refractivity (Wildman–Crippen MR) is 160 cm³/mol. The number of likely N-dealkylation sites (N-methyl/N-ethyl adjacent to an activating group) is 2. The maximum absolute atomic E-state index is 12.1. The van der Waals surface area contributed by atoms with Gasteiger partial charge in [0.25, 0.3) is 0 Å². The molecule has 0 unspecified atom stereocenters. The first-order valence-electron chi connectivity index (χ1n) is 14.1. The summed E-state index contributed by atoms with van der Waals surface area (Å²) in [6, 6.07) is 3.68. The Labute approximate surface area is 256 Å². The van der Waals surface area contributed by atoms with Crippen LogP contribution in [0.15, 0.2) is 22.3 Å². The van der Waals surface area contributed by atoms with Gasteiger partial charge in [0.2, 0.25) is 25.1 Å². The predicted octanol–water partition coefficient (Wildman–Crippen LogP) is 3.88. The van der Waals surface area contributed by atoms with Crippen molar-refractivity contribution in [1.82, 2.24) is 9.80 Å². The van der Waals surface area contributed by atoms with E-state index < -0.39 is 12.2 Å². The highest BCUT2D eigenvalue weighted by Gasteiger charge is 2.26. The average Bonchev–Trinajstić information content (AvgIpc) is 3.69. The van der Waals surface area contributed by atoms with E-state index in [2.05, 4.69) is 10.2 Å². The highest BCUT2D eigenvalue weighted by atomic mass is 16.7. The molecule has 0 saturated carbocycles. The number of carbonyl (C=O) groups is 2. The van der Waals surface area contributed by atoms with E-state index in [9.17, 15) is 9.59 Å². The van der Waals surface area contributed by atoms with Gasteiger partial charge in [-0.1, -0.05) is 0 Å². The first-order chi connectivity index (χ1) is 21.3. The molecule has 0 bridgehead atoms. The van der Waals surface area contributed by atoms with Gasteiger partial charge in [-0.25, -0.2) is 9.59 Å². The van der Waals surface area contributed by atoms with E-state index in [1.807, 2.05) is 12.1 Å². The van der Waals surface area contributed by atoms with Crippen molar-refractivity contribution in [2.75, 3.05) is 68.2 Å². The molecule has 0 radical (unpaired) electrons. The SMILES string of the molecule is CCOC(=O)N(C)CCc1cc2c(c(OC)c1/C=N/N=C/c1c(CCN(C)C(=O)OCC)cc3c(c1OC)OCO3)OCO2. The number of hydrogen-bond acceptors (Lipinski definition) is 12. The zero-order chi connectivity index (χ0) is 31.6. The lowest BCUT2D eigenvalue weighted by Crippen LogP contribution is -2.29. The second-order valence-corrected chi connectivity index (χ2v) is 9.66. The smallest absolute Gasteiger partial charge is 0.409 e. The topological polar surface area (TPSA) is 139 Å². The maximum Gasteiger partial charge on any atom is 0.409 e. The van der Waals surface area contributed by atoms with Crippen LogP contribution in [0.5, 0.6) is 34.5 Å². The van der Waals surface area contributed by atoms with E-state index in [0.717, 1.165) is 11.1 Å². The molecule has 0 fully saturated rings. The molecule has 0 saturated heterocycles. The van der Waals surface area contributed by atoms with E-state index in [1.54, 1.807) is 40.4 Å². The molecule has 2 aromatic carbocycles. The summed E-state index contributed by atoms with van der Waals surface area (Å²) < 4.78 is 44.1. The van der Waals surface area contributed by atoms with Gasteiger partial charge in [0.15, 0.2) is 23.0 Å². The lowest BCUT2D eigenvalue weighted by atomic mass is 10.0. The Balaban J connectivity index is 1.63. The van der Waals surface area contributed by atoms with Crippen LogP contribution in [-0.2, 0) is 22.3 Å². The van der Waals surface area contributed by atoms with Crippen molar-refractivity contribution in [2.45, 2.75) is 26.7 Å². The van der Waals surface area contributed by atoms with Gasteiger partial charge in [-0.05, 0) is 49.9 Å². The van der Waals surface area contributed by atoms with E-state index >= 15 is 0 Å². The molecule has 2 aromatic rings. The van der Waals surface area contributed by atoms with Crippen LogP contribution in [0.3, 0.4) is 0 Å². The van der Waals surface area contributed by atoms with E-state index in [1.165, 1.54) is 24.0 Å². The van der Waals surface area contributed by atoms with E-state index in [-0.39, 0.29) is 26.8 Å². The standard InChI is InChI=1S/C30H38N4O10/c1-7-39-29(35)33(3)11-9-19-13-23-27(43-17-41-23)25(37-5)21(19)15-31-32-16-22-20(10-12-34(4)30(36)40-8-2)14-24-28(26(22)38-6)44-18-42-24/h13-16H,7-12,17-18H2,1-6H3/b31-15+,32-16+. The summed E-state index contributed by atoms with van der Waals surface area (Å²) in [6.07, 6.45) is 3.21. The lowest BCUT2D eigenvalue weighted by Gasteiger charge is -2.18. The Kier molecular flexibility index (Phi) is 10.9. The summed E-state index contributed by atoms with van der Waals surface area (Å²) in [7, 11) is 6.40. The number of methoxy groups -OCH3 is 2. The van der Waals surface area contributed by atoms with Gasteiger partial charge in [0, 0.05) is 38.3 Å². The molecular weight excluding hydrogens is 576 g/mol. The van der Waals surface area contributed by atoms with Crippen LogP contribution in [0.4, 0.5) is 9.59 Å². The normalized spacial score (nSPS) is 13.0. The number of rotatable bonds is 13. The second-order valence-electron chi connectivity index (χ2n) is 9.66. The maximum atomic E-state index is 12.1. The molecule has 238 valence electrons. The van der Waals surface area contributed by atoms with Crippen LogP contribution >= 0.6 is 0 Å². The highest BCUT2D eigenvalue weighted by Crippen LogP contribution is 2.46. The molecule has 0 atom stereocenters. The van der Waals surface area contributed by atoms with Crippen LogP contribution in [0, 0.1) is 0 Å². The summed E-state index contributed by atoms with van der Waals surface area (Å²) >= 11 is 0. The number of benzene rings is 2. The Morgan fingerprint density at radius 3 is 1.52 bits per heavy atom. The number of amides is 2. The van der Waals surface area contributed by atoms with Crippen molar-refractivity contribution in [3.05, 3.63) is 34.4 Å². The number of nitrogens with zero attached hydrogens (tertiary/aromatic N) is 4. The Morgan fingerprint density at radius 2 is 1.16 bits per heavy atom. The molecule has 0 aliphatic carbocycles. The van der Waals surface area contributed by atoms with Crippen LogP contribution in [0.1, 0.15) is 36.1 Å².